The topological polar surface area (TPSA) is 85.2 Å². The van der Waals surface area contributed by atoms with Crippen molar-refractivity contribution in [1.82, 2.24) is 14.9 Å². The lowest BCUT2D eigenvalue weighted by atomic mass is 10.2. The summed E-state index contributed by atoms with van der Waals surface area (Å²) in [6.45, 7) is 3.81. The molecule has 2 aromatic rings. The van der Waals surface area contributed by atoms with Gasteiger partial charge in [0.2, 0.25) is 0 Å². The molecule has 1 saturated heterocycles. The predicted molar refractivity (Wildman–Crippen MR) is 88.7 cm³/mol. The molecule has 1 fully saturated rings. The Labute approximate surface area is 134 Å². The number of nitrogens with one attached hydrogen (secondary N) is 2. The van der Waals surface area contributed by atoms with Gasteiger partial charge in [-0.25, -0.2) is 4.98 Å². The minimum Gasteiger partial charge on any atom is -0.510 e. The summed E-state index contributed by atoms with van der Waals surface area (Å²) in [4.78, 5) is 9.62. The molecule has 1 atom stereocenters. The van der Waals surface area contributed by atoms with Crippen molar-refractivity contribution < 1.29 is 9.84 Å². The summed E-state index contributed by atoms with van der Waals surface area (Å²) >= 11 is 0. The lowest BCUT2D eigenvalue weighted by molar-refractivity contribution is 0.0924. The van der Waals surface area contributed by atoms with Crippen molar-refractivity contribution in [2.75, 3.05) is 19.7 Å². The lowest BCUT2D eigenvalue weighted by Gasteiger charge is -2.21. The molecule has 120 valence electrons. The van der Waals surface area contributed by atoms with Gasteiger partial charge in [-0.1, -0.05) is 6.07 Å². The van der Waals surface area contributed by atoms with E-state index in [9.17, 15) is 5.11 Å². The number of imidazole rings is 1. The van der Waals surface area contributed by atoms with Crippen LogP contribution in [0.3, 0.4) is 0 Å². The summed E-state index contributed by atoms with van der Waals surface area (Å²) < 4.78 is 5.64. The Morgan fingerprint density at radius 1 is 1.48 bits per heavy atom. The molecule has 3 heterocycles. The molecule has 6 heteroatoms. The van der Waals surface area contributed by atoms with E-state index in [-0.39, 0.29) is 11.9 Å². The molecule has 2 aliphatic heterocycles. The Morgan fingerprint density at radius 3 is 3.13 bits per heavy atom. The first kappa shape index (κ1) is 14.3. The Morgan fingerprint density at radius 2 is 2.35 bits per heavy atom. The van der Waals surface area contributed by atoms with Crippen LogP contribution in [-0.4, -0.2) is 51.6 Å². The van der Waals surface area contributed by atoms with Gasteiger partial charge in [0, 0.05) is 13.2 Å². The molecular weight excluding hydrogens is 292 g/mol. The van der Waals surface area contributed by atoms with Gasteiger partial charge >= 0.3 is 0 Å². The first-order chi connectivity index (χ1) is 11.1. The second-order valence-corrected chi connectivity index (χ2v) is 6.29. The molecule has 0 amide bonds. The zero-order valence-electron chi connectivity index (χ0n) is 13.1. The third-order valence-electron chi connectivity index (χ3n) is 4.50. The summed E-state index contributed by atoms with van der Waals surface area (Å²) in [5, 5.41) is 18.7. The number of benzene rings is 1. The fourth-order valence-electron chi connectivity index (χ4n) is 3.31. The van der Waals surface area contributed by atoms with Gasteiger partial charge in [-0.2, -0.15) is 0 Å². The van der Waals surface area contributed by atoms with Gasteiger partial charge in [0.25, 0.3) is 0 Å². The van der Waals surface area contributed by atoms with Gasteiger partial charge in [-0.15, -0.1) is 0 Å². The van der Waals surface area contributed by atoms with Crippen LogP contribution in [0.15, 0.2) is 24.0 Å². The Bertz CT molecular complexity index is 802. The number of amidine groups is 1. The zero-order valence-corrected chi connectivity index (χ0v) is 13.1. The van der Waals surface area contributed by atoms with E-state index in [1.807, 2.05) is 30.0 Å². The number of hydrogen-bond acceptors (Lipinski definition) is 4. The molecule has 0 radical (unpaired) electrons. The highest BCUT2D eigenvalue weighted by atomic mass is 16.5. The van der Waals surface area contributed by atoms with Crippen molar-refractivity contribution >= 4 is 22.4 Å². The van der Waals surface area contributed by atoms with Crippen LogP contribution in [0.2, 0.25) is 0 Å². The van der Waals surface area contributed by atoms with Crippen LogP contribution < -0.4 is 0 Å². The van der Waals surface area contributed by atoms with Crippen molar-refractivity contribution in [2.45, 2.75) is 25.9 Å². The van der Waals surface area contributed by atoms with Crippen molar-refractivity contribution in [2.24, 2.45) is 0 Å². The van der Waals surface area contributed by atoms with Crippen molar-refractivity contribution in [3.63, 3.8) is 0 Å². The summed E-state index contributed by atoms with van der Waals surface area (Å²) in [6, 6.07) is 5.97. The molecule has 1 aromatic carbocycles. The van der Waals surface area contributed by atoms with Crippen LogP contribution in [0.5, 0.6) is 0 Å². The van der Waals surface area contributed by atoms with E-state index in [2.05, 4.69) is 9.97 Å². The standard InChI is InChI=1S/C17H20N4O2/c1-10-4-5-12-13(7-10)20-17(19-12)15-14(22)9-21(16(15)18)8-11-3-2-6-23-11/h4-5,7,11,18,22H,2-3,6,8-9H2,1H3,(H,19,20)/t11-/m0/s1. The van der Waals surface area contributed by atoms with Crippen LogP contribution in [0.25, 0.3) is 16.6 Å². The molecule has 2 aliphatic rings. The largest absolute Gasteiger partial charge is 0.510 e. The summed E-state index contributed by atoms with van der Waals surface area (Å²) in [6.07, 6.45) is 2.24. The quantitative estimate of drug-likeness (QED) is 0.813. The van der Waals surface area contributed by atoms with E-state index in [1.54, 1.807) is 0 Å². The maximum Gasteiger partial charge on any atom is 0.145 e. The summed E-state index contributed by atoms with van der Waals surface area (Å²) in [5.41, 5.74) is 3.41. The first-order valence-electron chi connectivity index (χ1n) is 7.96. The third kappa shape index (κ3) is 2.49. The number of aliphatic hydroxyl groups excluding tert-OH is 1. The molecule has 0 spiro atoms. The molecule has 1 aromatic heterocycles. The van der Waals surface area contributed by atoms with E-state index in [0.29, 0.717) is 30.3 Å². The molecule has 4 rings (SSSR count). The van der Waals surface area contributed by atoms with Crippen LogP contribution in [0.1, 0.15) is 24.2 Å². The number of aromatic amines is 1. The van der Waals surface area contributed by atoms with Crippen molar-refractivity contribution in [1.29, 1.82) is 5.41 Å². The van der Waals surface area contributed by atoms with Crippen LogP contribution >= 0.6 is 0 Å². The monoisotopic (exact) mass is 312 g/mol. The van der Waals surface area contributed by atoms with Gasteiger partial charge in [0.15, 0.2) is 0 Å². The van der Waals surface area contributed by atoms with Gasteiger partial charge in [0.05, 0.1) is 29.3 Å². The number of hydrogen-bond donors (Lipinski definition) is 3. The fourth-order valence-corrected chi connectivity index (χ4v) is 3.31. The van der Waals surface area contributed by atoms with E-state index in [0.717, 1.165) is 36.0 Å². The molecule has 0 aliphatic carbocycles. The maximum atomic E-state index is 10.3. The highest BCUT2D eigenvalue weighted by Crippen LogP contribution is 2.28. The fraction of sp³-hybridized carbons (Fsp3) is 0.412. The highest BCUT2D eigenvalue weighted by Gasteiger charge is 2.32. The third-order valence-corrected chi connectivity index (χ3v) is 4.50. The van der Waals surface area contributed by atoms with E-state index in [1.165, 1.54) is 0 Å². The van der Waals surface area contributed by atoms with Crippen molar-refractivity contribution in [3.05, 3.63) is 35.3 Å². The molecule has 0 saturated carbocycles. The molecule has 0 bridgehead atoms. The zero-order chi connectivity index (χ0) is 16.0. The minimum absolute atomic E-state index is 0.154. The van der Waals surface area contributed by atoms with Crippen LogP contribution in [0.4, 0.5) is 0 Å². The molecule has 3 N–H and O–H groups in total. The van der Waals surface area contributed by atoms with Gasteiger partial charge < -0.3 is 19.7 Å². The van der Waals surface area contributed by atoms with Crippen molar-refractivity contribution in [3.8, 4) is 0 Å². The smallest absolute Gasteiger partial charge is 0.145 e. The number of rotatable bonds is 3. The Balaban J connectivity index is 1.61. The minimum atomic E-state index is 0.154. The SMILES string of the molecule is Cc1ccc2nc(C3=C(O)CN(C[C@@H]4CCCO4)C3=N)[nH]c2c1. The number of ether oxygens (including phenoxy) is 1. The molecule has 0 unspecified atom stereocenters. The van der Waals surface area contributed by atoms with Crippen LogP contribution in [-0.2, 0) is 4.74 Å². The summed E-state index contributed by atoms with van der Waals surface area (Å²) in [7, 11) is 0. The predicted octanol–water partition coefficient (Wildman–Crippen LogP) is 2.61. The average molecular weight is 312 g/mol. The Hall–Kier alpha value is -2.34. The second kappa shape index (κ2) is 5.38. The summed E-state index contributed by atoms with van der Waals surface area (Å²) in [5.74, 6) is 1.07. The number of aliphatic hydroxyl groups is 1. The number of aryl methyl sites for hydroxylation is 1. The van der Waals surface area contributed by atoms with E-state index >= 15 is 0 Å². The molecule has 6 nitrogen and oxygen atoms in total. The van der Waals surface area contributed by atoms with Gasteiger partial charge in [0.1, 0.15) is 17.4 Å². The van der Waals surface area contributed by atoms with Gasteiger partial charge in [-0.05, 0) is 37.5 Å². The first-order valence-corrected chi connectivity index (χ1v) is 7.96. The number of nitrogens with zero attached hydrogens (tertiary/aromatic N) is 2. The number of aromatic nitrogens is 2. The van der Waals surface area contributed by atoms with Gasteiger partial charge in [-0.3, -0.25) is 5.41 Å². The molecular formula is C17H20N4O2. The Kier molecular flexibility index (Phi) is 3.34. The van der Waals surface area contributed by atoms with Crippen LogP contribution in [0, 0.1) is 12.3 Å². The average Bonchev–Trinajstić information content (AvgIpc) is 3.20. The highest BCUT2D eigenvalue weighted by molar-refractivity contribution is 6.23. The maximum absolute atomic E-state index is 10.3. The molecule has 23 heavy (non-hydrogen) atoms. The number of fused-ring (bicyclic) bond motifs is 1. The van der Waals surface area contributed by atoms with E-state index < -0.39 is 0 Å². The normalized spacial score (nSPS) is 21.9. The second-order valence-electron chi connectivity index (χ2n) is 6.29. The van der Waals surface area contributed by atoms with E-state index in [4.69, 9.17) is 10.1 Å². The lowest BCUT2D eigenvalue weighted by Crippen LogP contribution is -2.34. The number of H-pyrrole nitrogens is 1.